The van der Waals surface area contributed by atoms with E-state index >= 15 is 0 Å². The van der Waals surface area contributed by atoms with Gasteiger partial charge in [0.15, 0.2) is 0 Å². The number of benzene rings is 2. The molecule has 5 nitrogen and oxygen atoms in total. The molecule has 2 amide bonds. The highest BCUT2D eigenvalue weighted by atomic mass is 16.5. The van der Waals surface area contributed by atoms with Gasteiger partial charge < -0.3 is 15.4 Å². The summed E-state index contributed by atoms with van der Waals surface area (Å²) in [5, 5.41) is 14.2. The Morgan fingerprint density at radius 3 is 2.67 bits per heavy atom. The third kappa shape index (κ3) is 4.25. The third-order valence-corrected chi connectivity index (χ3v) is 2.86. The first kappa shape index (κ1) is 14.4. The van der Waals surface area contributed by atoms with Crippen molar-refractivity contribution in [3.63, 3.8) is 0 Å². The Kier molecular flexibility index (Phi) is 4.78. The molecule has 2 aromatic carbocycles. The van der Waals surface area contributed by atoms with Gasteiger partial charge in [0.25, 0.3) is 0 Å². The van der Waals surface area contributed by atoms with Crippen molar-refractivity contribution in [2.45, 2.75) is 6.54 Å². The maximum absolute atomic E-state index is 11.8. The molecule has 0 aromatic heterocycles. The van der Waals surface area contributed by atoms with Gasteiger partial charge in [-0.1, -0.05) is 18.2 Å². The number of amides is 2. The molecule has 5 heteroatoms. The SMILES string of the molecule is COc1ccc(CNC(=O)Nc2cccc(C#N)c2)cc1. The van der Waals surface area contributed by atoms with Crippen LogP contribution in [0.4, 0.5) is 10.5 Å². The molecule has 21 heavy (non-hydrogen) atoms. The number of hydrogen-bond donors (Lipinski definition) is 2. The zero-order valence-corrected chi connectivity index (χ0v) is 11.6. The van der Waals surface area contributed by atoms with Gasteiger partial charge >= 0.3 is 6.03 Å². The van der Waals surface area contributed by atoms with E-state index in [1.165, 1.54) is 0 Å². The number of carbonyl (C=O) groups excluding carboxylic acids is 1. The third-order valence-electron chi connectivity index (χ3n) is 2.86. The van der Waals surface area contributed by atoms with Crippen molar-refractivity contribution in [2.75, 3.05) is 12.4 Å². The summed E-state index contributed by atoms with van der Waals surface area (Å²) in [6.07, 6.45) is 0. The van der Waals surface area contributed by atoms with Crippen LogP contribution in [-0.2, 0) is 6.54 Å². The summed E-state index contributed by atoms with van der Waals surface area (Å²) >= 11 is 0. The Hall–Kier alpha value is -3.00. The van der Waals surface area contributed by atoms with Crippen molar-refractivity contribution < 1.29 is 9.53 Å². The minimum absolute atomic E-state index is 0.319. The lowest BCUT2D eigenvalue weighted by Crippen LogP contribution is -2.28. The second kappa shape index (κ2) is 6.96. The number of methoxy groups -OCH3 is 1. The van der Waals surface area contributed by atoms with Gasteiger partial charge in [0.1, 0.15) is 5.75 Å². The van der Waals surface area contributed by atoms with Crippen molar-refractivity contribution in [3.05, 3.63) is 59.7 Å². The smallest absolute Gasteiger partial charge is 0.319 e. The average Bonchev–Trinajstić information content (AvgIpc) is 2.53. The molecular weight excluding hydrogens is 266 g/mol. The highest BCUT2D eigenvalue weighted by molar-refractivity contribution is 5.89. The topological polar surface area (TPSA) is 74.2 Å². The summed E-state index contributed by atoms with van der Waals surface area (Å²) < 4.78 is 5.07. The molecule has 0 fully saturated rings. The summed E-state index contributed by atoms with van der Waals surface area (Å²) in [5.41, 5.74) is 2.06. The molecule has 106 valence electrons. The van der Waals surface area contributed by atoms with Gasteiger partial charge in [-0.3, -0.25) is 0 Å². The van der Waals surface area contributed by atoms with Crippen LogP contribution < -0.4 is 15.4 Å². The molecule has 0 saturated carbocycles. The number of ether oxygens (including phenoxy) is 1. The predicted molar refractivity (Wildman–Crippen MR) is 80.0 cm³/mol. The fourth-order valence-corrected chi connectivity index (χ4v) is 1.77. The maximum atomic E-state index is 11.8. The molecular formula is C16H15N3O2. The van der Waals surface area contributed by atoms with Crippen LogP contribution in [0, 0.1) is 11.3 Å². The number of nitrogens with one attached hydrogen (secondary N) is 2. The van der Waals surface area contributed by atoms with Crippen LogP contribution in [-0.4, -0.2) is 13.1 Å². The fourth-order valence-electron chi connectivity index (χ4n) is 1.77. The van der Waals surface area contributed by atoms with Crippen molar-refractivity contribution in [2.24, 2.45) is 0 Å². The van der Waals surface area contributed by atoms with Gasteiger partial charge in [-0.05, 0) is 35.9 Å². The molecule has 0 aliphatic heterocycles. The molecule has 2 rings (SSSR count). The number of carbonyl (C=O) groups is 1. The molecule has 0 aliphatic rings. The van der Waals surface area contributed by atoms with E-state index in [4.69, 9.17) is 10.00 Å². The van der Waals surface area contributed by atoms with Crippen molar-refractivity contribution in [1.29, 1.82) is 5.26 Å². The van der Waals surface area contributed by atoms with Crippen molar-refractivity contribution in [1.82, 2.24) is 5.32 Å². The molecule has 0 atom stereocenters. The number of nitrogens with zero attached hydrogens (tertiary/aromatic N) is 1. The zero-order chi connectivity index (χ0) is 15.1. The lowest BCUT2D eigenvalue weighted by Gasteiger charge is -2.08. The van der Waals surface area contributed by atoms with E-state index in [1.54, 1.807) is 31.4 Å². The fraction of sp³-hybridized carbons (Fsp3) is 0.125. The highest BCUT2D eigenvalue weighted by Crippen LogP contribution is 2.11. The quantitative estimate of drug-likeness (QED) is 0.905. The van der Waals surface area contributed by atoms with E-state index < -0.39 is 0 Å². The Balaban J connectivity index is 1.88. The lowest BCUT2D eigenvalue weighted by molar-refractivity contribution is 0.251. The minimum atomic E-state index is -0.319. The van der Waals surface area contributed by atoms with Gasteiger partial charge in [0, 0.05) is 12.2 Å². The van der Waals surface area contributed by atoms with Crippen LogP contribution in [0.15, 0.2) is 48.5 Å². The summed E-state index contributed by atoms with van der Waals surface area (Å²) in [6, 6.07) is 15.9. The predicted octanol–water partition coefficient (Wildman–Crippen LogP) is 2.89. The van der Waals surface area contributed by atoms with E-state index in [-0.39, 0.29) is 6.03 Å². The summed E-state index contributed by atoms with van der Waals surface area (Å²) in [6.45, 7) is 0.410. The Labute approximate surface area is 123 Å². The summed E-state index contributed by atoms with van der Waals surface area (Å²) in [5.74, 6) is 0.775. The summed E-state index contributed by atoms with van der Waals surface area (Å²) in [4.78, 5) is 11.8. The molecule has 0 unspecified atom stereocenters. The molecule has 0 bridgehead atoms. The van der Waals surface area contributed by atoms with Crippen LogP contribution in [0.3, 0.4) is 0 Å². The number of urea groups is 1. The van der Waals surface area contributed by atoms with Crippen LogP contribution in [0.2, 0.25) is 0 Å². The molecule has 2 aromatic rings. The van der Waals surface area contributed by atoms with E-state index in [0.29, 0.717) is 17.8 Å². The number of rotatable bonds is 4. The largest absolute Gasteiger partial charge is 0.497 e. The van der Waals surface area contributed by atoms with E-state index in [2.05, 4.69) is 10.6 Å². The zero-order valence-electron chi connectivity index (χ0n) is 11.6. The van der Waals surface area contributed by atoms with Gasteiger partial charge in [-0.2, -0.15) is 5.26 Å². The number of hydrogen-bond acceptors (Lipinski definition) is 3. The van der Waals surface area contributed by atoms with E-state index in [0.717, 1.165) is 11.3 Å². The van der Waals surface area contributed by atoms with Gasteiger partial charge in [-0.15, -0.1) is 0 Å². The second-order valence-corrected chi connectivity index (χ2v) is 4.35. The van der Waals surface area contributed by atoms with Crippen LogP contribution >= 0.6 is 0 Å². The Morgan fingerprint density at radius 2 is 2.00 bits per heavy atom. The standard InChI is InChI=1S/C16H15N3O2/c1-21-15-7-5-12(6-8-15)11-18-16(20)19-14-4-2-3-13(9-14)10-17/h2-9H,11H2,1H3,(H2,18,19,20). The average molecular weight is 281 g/mol. The number of nitriles is 1. The second-order valence-electron chi connectivity index (χ2n) is 4.35. The first-order valence-corrected chi connectivity index (χ1v) is 6.39. The van der Waals surface area contributed by atoms with E-state index in [9.17, 15) is 4.79 Å². The Morgan fingerprint density at radius 1 is 1.24 bits per heavy atom. The lowest BCUT2D eigenvalue weighted by atomic mass is 10.2. The molecule has 0 aliphatic carbocycles. The Bertz CT molecular complexity index is 660. The minimum Gasteiger partial charge on any atom is -0.497 e. The molecule has 0 radical (unpaired) electrons. The number of anilines is 1. The van der Waals surface area contributed by atoms with Crippen molar-refractivity contribution >= 4 is 11.7 Å². The van der Waals surface area contributed by atoms with E-state index in [1.807, 2.05) is 30.3 Å². The monoisotopic (exact) mass is 281 g/mol. The highest BCUT2D eigenvalue weighted by Gasteiger charge is 2.02. The van der Waals surface area contributed by atoms with Gasteiger partial charge in [0.2, 0.25) is 0 Å². The van der Waals surface area contributed by atoms with Crippen LogP contribution in [0.5, 0.6) is 5.75 Å². The molecule has 2 N–H and O–H groups in total. The first-order chi connectivity index (χ1) is 10.2. The van der Waals surface area contributed by atoms with Crippen molar-refractivity contribution in [3.8, 4) is 11.8 Å². The molecule has 0 heterocycles. The van der Waals surface area contributed by atoms with Gasteiger partial charge in [-0.25, -0.2) is 4.79 Å². The summed E-state index contributed by atoms with van der Waals surface area (Å²) in [7, 11) is 1.61. The molecule has 0 spiro atoms. The maximum Gasteiger partial charge on any atom is 0.319 e. The molecule has 0 saturated heterocycles. The van der Waals surface area contributed by atoms with Crippen LogP contribution in [0.25, 0.3) is 0 Å². The normalized spacial score (nSPS) is 9.52. The first-order valence-electron chi connectivity index (χ1n) is 6.39. The van der Waals surface area contributed by atoms with Crippen LogP contribution in [0.1, 0.15) is 11.1 Å². The van der Waals surface area contributed by atoms with Gasteiger partial charge in [0.05, 0.1) is 18.7 Å².